The zero-order chi connectivity index (χ0) is 39.3. The number of amides is 3. The highest BCUT2D eigenvalue weighted by molar-refractivity contribution is 6.37. The van der Waals surface area contributed by atoms with Gasteiger partial charge in [0.1, 0.15) is 34.5 Å². The number of esters is 1. The van der Waals surface area contributed by atoms with E-state index in [4.69, 9.17) is 14.2 Å². The van der Waals surface area contributed by atoms with E-state index in [1.165, 1.54) is 73.8 Å². The Bertz CT molecular complexity index is 1770. The average molecular weight is 738 g/mol. The van der Waals surface area contributed by atoms with Gasteiger partial charge >= 0.3 is 29.9 Å². The van der Waals surface area contributed by atoms with E-state index in [1.54, 1.807) is 20.8 Å². The molecule has 3 aromatic rings. The number of rotatable bonds is 16. The lowest BCUT2D eigenvalue weighted by Gasteiger charge is -2.25. The number of carbonyl (C=O) groups is 6. The second kappa shape index (κ2) is 18.8. The lowest BCUT2D eigenvalue weighted by molar-refractivity contribution is -0.149. The average Bonchev–Trinajstić information content (AvgIpc) is 3.09. The van der Waals surface area contributed by atoms with Crippen LogP contribution < -0.4 is 20.3 Å². The Morgan fingerprint density at radius 1 is 0.868 bits per heavy atom. The van der Waals surface area contributed by atoms with Gasteiger partial charge in [0.2, 0.25) is 5.91 Å². The largest absolute Gasteiger partial charge is 0.508 e. The molecule has 3 amide bonds. The number of anilines is 1. The van der Waals surface area contributed by atoms with E-state index in [9.17, 15) is 49.2 Å². The van der Waals surface area contributed by atoms with Crippen molar-refractivity contribution in [3.8, 4) is 17.2 Å². The summed E-state index contributed by atoms with van der Waals surface area (Å²) in [7, 11) is 1.18. The number of nitrogens with one attached hydrogen (secondary N) is 2. The van der Waals surface area contributed by atoms with E-state index in [2.05, 4.69) is 10.6 Å². The second-order valence-corrected chi connectivity index (χ2v) is 12.8. The van der Waals surface area contributed by atoms with Crippen LogP contribution in [-0.4, -0.2) is 94.7 Å². The number of aliphatic carboxylic acids is 2. The molecule has 0 aromatic heterocycles. The number of ether oxygens (including phenoxy) is 3. The van der Waals surface area contributed by atoms with Gasteiger partial charge < -0.3 is 50.2 Å². The summed E-state index contributed by atoms with van der Waals surface area (Å²) >= 11 is 0. The van der Waals surface area contributed by atoms with Crippen molar-refractivity contribution in [1.29, 1.82) is 0 Å². The molecule has 0 aliphatic carbocycles. The van der Waals surface area contributed by atoms with Crippen LogP contribution in [0.1, 0.15) is 61.0 Å². The molecule has 3 aromatic carbocycles. The van der Waals surface area contributed by atoms with Crippen LogP contribution >= 0.6 is 0 Å². The molecule has 0 bridgehead atoms. The van der Waals surface area contributed by atoms with Gasteiger partial charge in [0.15, 0.2) is 0 Å². The summed E-state index contributed by atoms with van der Waals surface area (Å²) in [6.45, 7) is 4.78. The lowest BCUT2D eigenvalue weighted by atomic mass is 9.97. The number of carbonyl (C=O) groups excluding carboxylic acids is 4. The van der Waals surface area contributed by atoms with Crippen LogP contribution in [0.5, 0.6) is 17.2 Å². The van der Waals surface area contributed by atoms with Gasteiger partial charge in [-0.25, -0.2) is 14.4 Å². The van der Waals surface area contributed by atoms with Crippen molar-refractivity contribution in [3.63, 3.8) is 0 Å². The van der Waals surface area contributed by atoms with Crippen LogP contribution in [0, 0.1) is 0 Å². The zero-order valence-electron chi connectivity index (χ0n) is 29.7. The molecule has 0 radical (unpaired) electrons. The number of methoxy groups -OCH3 is 1. The van der Waals surface area contributed by atoms with E-state index >= 15 is 0 Å². The summed E-state index contributed by atoms with van der Waals surface area (Å²) in [4.78, 5) is 75.4. The molecule has 3 rings (SSSR count). The number of unbranched alkanes of at least 4 members (excludes halogenated alkanes) is 1. The molecule has 0 saturated heterocycles. The van der Waals surface area contributed by atoms with Crippen LogP contribution in [0.2, 0.25) is 0 Å². The third-order valence-corrected chi connectivity index (χ3v) is 7.60. The van der Waals surface area contributed by atoms with Gasteiger partial charge in [-0.1, -0.05) is 30.3 Å². The molecule has 0 saturated carbocycles. The normalized spacial score (nSPS) is 12.1. The summed E-state index contributed by atoms with van der Waals surface area (Å²) in [5.41, 5.74) is -0.161. The highest BCUT2D eigenvalue weighted by Gasteiger charge is 2.31. The summed E-state index contributed by atoms with van der Waals surface area (Å²) in [5.74, 6) is -7.38. The molecule has 53 heavy (non-hydrogen) atoms. The van der Waals surface area contributed by atoms with Gasteiger partial charge in [-0.3, -0.25) is 14.4 Å². The number of aromatic hydroxyl groups is 2. The molecule has 6 N–H and O–H groups in total. The predicted molar refractivity (Wildman–Crippen MR) is 189 cm³/mol. The maximum Gasteiger partial charge on any atom is 0.408 e. The monoisotopic (exact) mass is 737 g/mol. The number of phenolic OH excluding ortho intramolecular Hbond substituents is 2. The van der Waals surface area contributed by atoms with Gasteiger partial charge in [0, 0.05) is 25.2 Å². The molecule has 1 unspecified atom stereocenters. The number of carboxylic acid groups (broad SMARTS) is 2. The first kappa shape index (κ1) is 41.1. The fourth-order valence-corrected chi connectivity index (χ4v) is 5.03. The maximum absolute atomic E-state index is 13.3. The molecule has 2 atom stereocenters. The van der Waals surface area contributed by atoms with Gasteiger partial charge in [-0.05, 0) is 81.1 Å². The first-order chi connectivity index (χ1) is 25.0. The number of alkyl carbamates (subject to hydrolysis) is 1. The molecule has 16 nitrogen and oxygen atoms in total. The number of hydrogen-bond donors (Lipinski definition) is 6. The summed E-state index contributed by atoms with van der Waals surface area (Å²) < 4.78 is 15.7. The van der Waals surface area contributed by atoms with Crippen molar-refractivity contribution >= 4 is 41.5 Å². The minimum atomic E-state index is -1.81. The number of carboxylic acids is 2. The van der Waals surface area contributed by atoms with Crippen molar-refractivity contribution in [3.05, 3.63) is 83.4 Å². The Morgan fingerprint density at radius 2 is 1.53 bits per heavy atom. The Balaban J connectivity index is 1.71. The van der Waals surface area contributed by atoms with Crippen molar-refractivity contribution < 1.29 is 63.4 Å². The van der Waals surface area contributed by atoms with Crippen LogP contribution in [0.3, 0.4) is 0 Å². The second-order valence-electron chi connectivity index (χ2n) is 12.8. The maximum atomic E-state index is 13.3. The smallest absolute Gasteiger partial charge is 0.408 e. The number of hydrogen-bond acceptors (Lipinski definition) is 11. The third-order valence-electron chi connectivity index (χ3n) is 7.60. The highest BCUT2D eigenvalue weighted by Crippen LogP contribution is 2.28. The molecule has 16 heteroatoms. The molecule has 284 valence electrons. The molecule has 0 fully saturated rings. The van der Waals surface area contributed by atoms with E-state index < -0.39 is 59.9 Å². The summed E-state index contributed by atoms with van der Waals surface area (Å²) in [6, 6.07) is 14.3. The van der Waals surface area contributed by atoms with Crippen LogP contribution in [0.25, 0.3) is 0 Å². The molecule has 0 heterocycles. The predicted octanol–water partition coefficient (Wildman–Crippen LogP) is 3.58. The minimum absolute atomic E-state index is 0.0413. The topological polar surface area (TPSA) is 238 Å². The van der Waals surface area contributed by atoms with Gasteiger partial charge in [-0.2, -0.15) is 0 Å². The SMILES string of the molecule is COC(=O)c1c(O)cccc1OCCCCNC(=O)[C@H](Cc1ccc(N(CC(C(=O)O)c2ccc(O)cc2)C(=O)C(=O)O)cc1)NC(=O)OC(C)(C)C. The van der Waals surface area contributed by atoms with E-state index in [1.807, 2.05) is 0 Å². The van der Waals surface area contributed by atoms with E-state index in [0.717, 1.165) is 4.90 Å². The van der Waals surface area contributed by atoms with Crippen LogP contribution in [-0.2, 0) is 35.1 Å². The quantitative estimate of drug-likeness (QED) is 0.0701. The van der Waals surface area contributed by atoms with Crippen molar-refractivity contribution in [1.82, 2.24) is 10.6 Å². The van der Waals surface area contributed by atoms with E-state index in [-0.39, 0.29) is 53.6 Å². The van der Waals surface area contributed by atoms with Crippen LogP contribution in [0.15, 0.2) is 66.7 Å². The van der Waals surface area contributed by atoms with Crippen molar-refractivity contribution in [2.24, 2.45) is 0 Å². The van der Waals surface area contributed by atoms with Crippen molar-refractivity contribution in [2.45, 2.75) is 57.6 Å². The third kappa shape index (κ3) is 12.4. The first-order valence-electron chi connectivity index (χ1n) is 16.5. The highest BCUT2D eigenvalue weighted by atomic mass is 16.6. The summed E-state index contributed by atoms with van der Waals surface area (Å²) in [6.07, 6.45) is 0.00667. The molecule has 0 aliphatic rings. The Hall–Kier alpha value is -6.32. The number of benzene rings is 3. The Kier molecular flexibility index (Phi) is 14.6. The molecular formula is C37H43N3O13. The number of phenols is 2. The molecule has 0 aliphatic heterocycles. The Labute approximate surface area is 305 Å². The van der Waals surface area contributed by atoms with Gasteiger partial charge in [-0.15, -0.1) is 0 Å². The first-order valence-corrected chi connectivity index (χ1v) is 16.5. The standard InChI is InChI=1S/C37H43N3O13/c1-37(2,3)53-36(50)39-27(31(43)38-18-5-6-19-52-29-9-7-8-28(42)30(29)35(49)51-4)20-22-10-14-24(15-11-22)40(32(44)34(47)48)21-26(33(45)46)23-12-16-25(41)17-13-23/h7-17,26-27,41-42H,5-6,18-21H2,1-4H3,(H,38,43)(H,39,50)(H,45,46)(H,47,48)/t26?,27-/m0/s1. The molecular weight excluding hydrogens is 694 g/mol. The fourth-order valence-electron chi connectivity index (χ4n) is 5.03. The van der Waals surface area contributed by atoms with Gasteiger partial charge in [0.25, 0.3) is 0 Å². The van der Waals surface area contributed by atoms with Crippen molar-refractivity contribution in [2.75, 3.05) is 31.7 Å². The summed E-state index contributed by atoms with van der Waals surface area (Å²) in [5, 5.41) is 44.3. The number of nitrogens with zero attached hydrogens (tertiary/aromatic N) is 1. The minimum Gasteiger partial charge on any atom is -0.508 e. The van der Waals surface area contributed by atoms with E-state index in [0.29, 0.717) is 18.4 Å². The molecule has 0 spiro atoms. The van der Waals surface area contributed by atoms with Crippen LogP contribution in [0.4, 0.5) is 10.5 Å². The van der Waals surface area contributed by atoms with Gasteiger partial charge in [0.05, 0.1) is 19.6 Å². The zero-order valence-corrected chi connectivity index (χ0v) is 29.7. The fraction of sp³-hybridized carbons (Fsp3) is 0.351. The Morgan fingerprint density at radius 3 is 2.11 bits per heavy atom. The lowest BCUT2D eigenvalue weighted by Crippen LogP contribution is -2.49.